The van der Waals surface area contributed by atoms with Gasteiger partial charge in [-0.05, 0) is 21.9 Å². The minimum atomic E-state index is 0.773. The van der Waals surface area contributed by atoms with Gasteiger partial charge in [-0.2, -0.15) is 0 Å². The Morgan fingerprint density at radius 3 is 2.91 bits per heavy atom. The summed E-state index contributed by atoms with van der Waals surface area (Å²) in [5, 5.41) is 16.2. The molecular formula is C6H4N4S. The van der Waals surface area contributed by atoms with Gasteiger partial charge in [0.25, 0.3) is 0 Å². The molecule has 0 aliphatic rings. The maximum Gasteiger partial charge on any atom is 0.125 e. The molecule has 0 aliphatic carbocycles. The normalized spacial score (nSPS) is 9.82. The molecule has 0 unspecified atom stereocenters. The zero-order chi connectivity index (χ0) is 7.52. The second kappa shape index (κ2) is 2.71. The molecule has 0 bridgehead atoms. The van der Waals surface area contributed by atoms with Crippen LogP contribution in [0.3, 0.4) is 0 Å². The van der Waals surface area contributed by atoms with Gasteiger partial charge in [0.1, 0.15) is 5.69 Å². The lowest BCUT2D eigenvalue weighted by Gasteiger charge is -1.88. The molecule has 0 saturated carbocycles. The molecule has 11 heavy (non-hydrogen) atoms. The summed E-state index contributed by atoms with van der Waals surface area (Å²) >= 11 is 1.61. The van der Waals surface area contributed by atoms with E-state index in [1.165, 1.54) is 0 Å². The summed E-state index contributed by atoms with van der Waals surface area (Å²) in [6.07, 6.45) is 1.60. The van der Waals surface area contributed by atoms with E-state index in [1.54, 1.807) is 17.5 Å². The second-order valence-electron chi connectivity index (χ2n) is 1.89. The van der Waals surface area contributed by atoms with Crippen molar-refractivity contribution in [2.75, 3.05) is 0 Å². The molecule has 0 aliphatic heterocycles. The third-order valence-corrected chi connectivity index (χ3v) is 2.09. The van der Waals surface area contributed by atoms with Gasteiger partial charge >= 0.3 is 0 Å². The van der Waals surface area contributed by atoms with Gasteiger partial charge in [0.05, 0.1) is 11.1 Å². The highest BCUT2D eigenvalue weighted by atomic mass is 32.1. The standard InChI is InChI=1S/C6H4N4S/c1-2-6(11-3-1)5-4-7-9-10-8-5/h1-4H. The molecule has 0 saturated heterocycles. The van der Waals surface area contributed by atoms with E-state index in [0.29, 0.717) is 0 Å². The molecule has 0 aromatic carbocycles. The fourth-order valence-electron chi connectivity index (χ4n) is 0.735. The van der Waals surface area contributed by atoms with Crippen molar-refractivity contribution in [2.45, 2.75) is 0 Å². The number of nitrogens with zero attached hydrogens (tertiary/aromatic N) is 4. The van der Waals surface area contributed by atoms with Gasteiger partial charge in [-0.25, -0.2) is 0 Å². The summed E-state index contributed by atoms with van der Waals surface area (Å²) in [6.45, 7) is 0. The maximum atomic E-state index is 3.81. The number of aromatic nitrogens is 4. The Kier molecular flexibility index (Phi) is 1.57. The molecule has 0 atom stereocenters. The predicted octanol–water partition coefficient (Wildman–Crippen LogP) is 0.995. The minimum Gasteiger partial charge on any atom is -0.142 e. The third kappa shape index (κ3) is 1.22. The quantitative estimate of drug-likeness (QED) is 0.630. The Hall–Kier alpha value is -1.36. The average molecular weight is 164 g/mol. The van der Waals surface area contributed by atoms with Crippen LogP contribution in [-0.2, 0) is 0 Å². The largest absolute Gasteiger partial charge is 0.142 e. The van der Waals surface area contributed by atoms with Crippen LogP contribution in [0.5, 0.6) is 0 Å². The zero-order valence-corrected chi connectivity index (χ0v) is 6.32. The van der Waals surface area contributed by atoms with E-state index in [9.17, 15) is 0 Å². The highest BCUT2D eigenvalue weighted by Gasteiger charge is 1.98. The van der Waals surface area contributed by atoms with Crippen molar-refractivity contribution < 1.29 is 0 Å². The summed E-state index contributed by atoms with van der Waals surface area (Å²) in [5.41, 5.74) is 0.773. The van der Waals surface area contributed by atoms with E-state index in [1.807, 2.05) is 17.5 Å². The summed E-state index contributed by atoms with van der Waals surface area (Å²) in [4.78, 5) is 1.06. The minimum absolute atomic E-state index is 0.773. The number of hydrogen-bond donors (Lipinski definition) is 0. The first kappa shape index (κ1) is 6.36. The van der Waals surface area contributed by atoms with E-state index in [2.05, 4.69) is 20.6 Å². The first-order valence-electron chi connectivity index (χ1n) is 3.02. The Balaban J connectivity index is 2.46. The van der Waals surface area contributed by atoms with Crippen LogP contribution in [0.4, 0.5) is 0 Å². The monoisotopic (exact) mass is 164 g/mol. The molecule has 0 spiro atoms. The van der Waals surface area contributed by atoms with Crippen molar-refractivity contribution in [1.29, 1.82) is 0 Å². The summed E-state index contributed by atoms with van der Waals surface area (Å²) in [5.74, 6) is 0. The average Bonchev–Trinajstić information content (AvgIpc) is 2.58. The Bertz CT molecular complexity index is 318. The smallest absolute Gasteiger partial charge is 0.125 e. The van der Waals surface area contributed by atoms with Crippen molar-refractivity contribution in [2.24, 2.45) is 0 Å². The van der Waals surface area contributed by atoms with Crippen LogP contribution in [0.2, 0.25) is 0 Å². The highest BCUT2D eigenvalue weighted by Crippen LogP contribution is 2.19. The topological polar surface area (TPSA) is 51.6 Å². The Labute approximate surface area is 66.9 Å². The van der Waals surface area contributed by atoms with Crippen LogP contribution in [0.1, 0.15) is 0 Å². The van der Waals surface area contributed by atoms with Crippen molar-refractivity contribution in [1.82, 2.24) is 20.6 Å². The van der Waals surface area contributed by atoms with Gasteiger partial charge in [0.15, 0.2) is 0 Å². The second-order valence-corrected chi connectivity index (χ2v) is 2.83. The fraction of sp³-hybridized carbons (Fsp3) is 0. The fourth-order valence-corrected chi connectivity index (χ4v) is 1.41. The first-order valence-corrected chi connectivity index (χ1v) is 3.90. The highest BCUT2D eigenvalue weighted by molar-refractivity contribution is 7.13. The number of hydrogen-bond acceptors (Lipinski definition) is 5. The molecule has 2 rings (SSSR count). The summed E-state index contributed by atoms with van der Waals surface area (Å²) < 4.78 is 0. The molecule has 0 amide bonds. The van der Waals surface area contributed by atoms with Gasteiger partial charge in [0, 0.05) is 0 Å². The van der Waals surface area contributed by atoms with Crippen molar-refractivity contribution in [3.8, 4) is 10.6 Å². The number of thiophene rings is 1. The Morgan fingerprint density at radius 1 is 1.27 bits per heavy atom. The lowest BCUT2D eigenvalue weighted by molar-refractivity contribution is 0.767. The van der Waals surface area contributed by atoms with Crippen LogP contribution >= 0.6 is 11.3 Å². The van der Waals surface area contributed by atoms with E-state index in [-0.39, 0.29) is 0 Å². The van der Waals surface area contributed by atoms with E-state index in [4.69, 9.17) is 0 Å². The lowest BCUT2D eigenvalue weighted by Crippen LogP contribution is -1.90. The molecule has 0 radical (unpaired) electrons. The zero-order valence-electron chi connectivity index (χ0n) is 5.51. The molecule has 2 heterocycles. The van der Waals surface area contributed by atoms with Gasteiger partial charge in [0.2, 0.25) is 0 Å². The third-order valence-electron chi connectivity index (χ3n) is 1.20. The molecular weight excluding hydrogens is 160 g/mol. The predicted molar refractivity (Wildman–Crippen MR) is 40.9 cm³/mol. The molecule has 4 nitrogen and oxygen atoms in total. The van der Waals surface area contributed by atoms with Gasteiger partial charge in [-0.3, -0.25) is 0 Å². The number of rotatable bonds is 1. The van der Waals surface area contributed by atoms with Crippen molar-refractivity contribution in [3.05, 3.63) is 23.7 Å². The van der Waals surface area contributed by atoms with Gasteiger partial charge < -0.3 is 0 Å². The summed E-state index contributed by atoms with van der Waals surface area (Å²) in [7, 11) is 0. The molecule has 2 aromatic heterocycles. The molecule has 0 N–H and O–H groups in total. The van der Waals surface area contributed by atoms with Crippen LogP contribution < -0.4 is 0 Å². The lowest BCUT2D eigenvalue weighted by atomic mass is 10.4. The van der Waals surface area contributed by atoms with Crippen molar-refractivity contribution >= 4 is 11.3 Å². The summed E-state index contributed by atoms with van der Waals surface area (Å²) in [6, 6.07) is 3.93. The molecule has 54 valence electrons. The van der Waals surface area contributed by atoms with Crippen molar-refractivity contribution in [3.63, 3.8) is 0 Å². The van der Waals surface area contributed by atoms with E-state index < -0.39 is 0 Å². The van der Waals surface area contributed by atoms with E-state index in [0.717, 1.165) is 10.6 Å². The Morgan fingerprint density at radius 2 is 2.27 bits per heavy atom. The van der Waals surface area contributed by atoms with Crippen LogP contribution in [0.15, 0.2) is 23.7 Å². The van der Waals surface area contributed by atoms with Gasteiger partial charge in [-0.15, -0.1) is 21.5 Å². The van der Waals surface area contributed by atoms with Crippen LogP contribution in [-0.4, -0.2) is 20.6 Å². The van der Waals surface area contributed by atoms with Gasteiger partial charge in [-0.1, -0.05) is 6.07 Å². The maximum absolute atomic E-state index is 3.81. The van der Waals surface area contributed by atoms with E-state index >= 15 is 0 Å². The molecule has 2 aromatic rings. The molecule has 0 fully saturated rings. The van der Waals surface area contributed by atoms with Crippen LogP contribution in [0.25, 0.3) is 10.6 Å². The van der Waals surface area contributed by atoms with Crippen LogP contribution in [0, 0.1) is 0 Å². The molecule has 5 heteroatoms. The SMILES string of the molecule is c1csc(-c2cnnnn2)c1. The first-order chi connectivity index (χ1) is 5.47.